The smallest absolute Gasteiger partial charge is 0.266 e. The van der Waals surface area contributed by atoms with E-state index in [1.54, 1.807) is 24.6 Å². The Labute approximate surface area is 122 Å². The second kappa shape index (κ2) is 6.19. The molecule has 0 unspecified atom stereocenters. The molecule has 0 spiro atoms. The molecule has 0 aliphatic heterocycles. The van der Waals surface area contributed by atoms with E-state index in [9.17, 15) is 8.42 Å². The average molecular weight is 311 g/mol. The van der Waals surface area contributed by atoms with Gasteiger partial charge in [-0.05, 0) is 32.4 Å². The minimum Gasteiger partial charge on any atom is -0.396 e. The molecule has 2 heterocycles. The van der Waals surface area contributed by atoms with Gasteiger partial charge in [-0.15, -0.1) is 5.10 Å². The molecule has 114 valence electrons. The van der Waals surface area contributed by atoms with E-state index in [1.165, 1.54) is 12.3 Å². The van der Waals surface area contributed by atoms with Crippen LogP contribution < -0.4 is 4.72 Å². The molecule has 8 nitrogen and oxygen atoms in total. The highest BCUT2D eigenvalue weighted by Crippen LogP contribution is 2.21. The molecule has 21 heavy (non-hydrogen) atoms. The minimum atomic E-state index is -3.78. The molecule has 0 bridgehead atoms. The standard InChI is InChI=1S/C12H17N5O3S/c1-9-12(10(2)17(15-9)7-4-8-18)21(19,20)16-11-5-3-6-13-14-11/h3,5-6,18H,4,7-8H2,1-2H3,(H,14,16). The summed E-state index contributed by atoms with van der Waals surface area (Å²) in [4.78, 5) is 0.131. The summed E-state index contributed by atoms with van der Waals surface area (Å²) in [5.74, 6) is 0.152. The zero-order chi connectivity index (χ0) is 15.5. The molecule has 2 rings (SSSR count). The Kier molecular flexibility index (Phi) is 4.53. The largest absolute Gasteiger partial charge is 0.396 e. The number of aromatic nitrogens is 4. The van der Waals surface area contributed by atoms with Crippen molar-refractivity contribution >= 4 is 15.8 Å². The number of rotatable bonds is 6. The quantitative estimate of drug-likeness (QED) is 0.802. The van der Waals surface area contributed by atoms with Crippen molar-refractivity contribution in [1.82, 2.24) is 20.0 Å². The molecule has 2 aromatic rings. The molecule has 0 atom stereocenters. The summed E-state index contributed by atoms with van der Waals surface area (Å²) in [6, 6.07) is 3.11. The van der Waals surface area contributed by atoms with Crippen LogP contribution in [0.15, 0.2) is 23.2 Å². The second-order valence-electron chi connectivity index (χ2n) is 4.51. The fourth-order valence-electron chi connectivity index (χ4n) is 2.05. The van der Waals surface area contributed by atoms with Crippen molar-refractivity contribution in [3.05, 3.63) is 29.7 Å². The minimum absolute atomic E-state index is 0.0261. The Balaban J connectivity index is 2.34. The van der Waals surface area contributed by atoms with E-state index in [1.807, 2.05) is 0 Å². The van der Waals surface area contributed by atoms with Crippen LogP contribution in [0.2, 0.25) is 0 Å². The fourth-order valence-corrected chi connectivity index (χ4v) is 3.46. The molecular formula is C12H17N5O3S. The van der Waals surface area contributed by atoms with Crippen LogP contribution in [0.1, 0.15) is 17.8 Å². The van der Waals surface area contributed by atoms with Gasteiger partial charge < -0.3 is 5.11 Å². The molecule has 0 aromatic carbocycles. The molecule has 9 heteroatoms. The van der Waals surface area contributed by atoms with Crippen LogP contribution >= 0.6 is 0 Å². The average Bonchev–Trinajstić information content (AvgIpc) is 2.72. The SMILES string of the molecule is Cc1nn(CCCO)c(C)c1S(=O)(=O)Nc1cccnn1. The van der Waals surface area contributed by atoms with Crippen molar-refractivity contribution in [1.29, 1.82) is 0 Å². The molecular weight excluding hydrogens is 294 g/mol. The van der Waals surface area contributed by atoms with Crippen LogP contribution in [0.25, 0.3) is 0 Å². The van der Waals surface area contributed by atoms with Crippen molar-refractivity contribution < 1.29 is 13.5 Å². The van der Waals surface area contributed by atoms with Gasteiger partial charge in [0.15, 0.2) is 5.82 Å². The van der Waals surface area contributed by atoms with Crippen LogP contribution in [-0.2, 0) is 16.6 Å². The molecule has 0 radical (unpaired) electrons. The Hall–Kier alpha value is -2.00. The molecule has 0 fully saturated rings. The lowest BCUT2D eigenvalue weighted by atomic mass is 10.4. The molecule has 2 aromatic heterocycles. The maximum Gasteiger partial charge on any atom is 0.266 e. The highest BCUT2D eigenvalue weighted by atomic mass is 32.2. The fraction of sp³-hybridized carbons (Fsp3) is 0.417. The highest BCUT2D eigenvalue weighted by Gasteiger charge is 2.25. The van der Waals surface area contributed by atoms with E-state index in [0.29, 0.717) is 24.4 Å². The summed E-state index contributed by atoms with van der Waals surface area (Å²) in [5.41, 5.74) is 0.930. The number of nitrogens with zero attached hydrogens (tertiary/aromatic N) is 4. The summed E-state index contributed by atoms with van der Waals surface area (Å²) in [7, 11) is -3.78. The van der Waals surface area contributed by atoms with E-state index in [-0.39, 0.29) is 17.3 Å². The van der Waals surface area contributed by atoms with Gasteiger partial charge in [-0.2, -0.15) is 10.2 Å². The van der Waals surface area contributed by atoms with E-state index in [4.69, 9.17) is 5.11 Å². The topological polar surface area (TPSA) is 110 Å². The number of hydrogen-bond acceptors (Lipinski definition) is 6. The number of aliphatic hydroxyl groups is 1. The van der Waals surface area contributed by atoms with Crippen molar-refractivity contribution in [2.24, 2.45) is 0 Å². The summed E-state index contributed by atoms with van der Waals surface area (Å²) >= 11 is 0. The summed E-state index contributed by atoms with van der Waals surface area (Å²) < 4.78 is 28.9. The summed E-state index contributed by atoms with van der Waals surface area (Å²) in [5, 5.41) is 20.4. The predicted octanol–water partition coefficient (Wildman–Crippen LogP) is 0.473. The van der Waals surface area contributed by atoms with Crippen LogP contribution in [0.5, 0.6) is 0 Å². The predicted molar refractivity (Wildman–Crippen MR) is 76.2 cm³/mol. The number of aryl methyl sites for hydroxylation is 2. The lowest BCUT2D eigenvalue weighted by molar-refractivity contribution is 0.276. The van der Waals surface area contributed by atoms with Crippen LogP contribution in [-0.4, -0.2) is 40.1 Å². The van der Waals surface area contributed by atoms with Gasteiger partial charge in [-0.1, -0.05) is 0 Å². The van der Waals surface area contributed by atoms with Gasteiger partial charge in [0.1, 0.15) is 4.90 Å². The molecule has 0 saturated heterocycles. The van der Waals surface area contributed by atoms with Crippen molar-refractivity contribution in [2.45, 2.75) is 31.7 Å². The van der Waals surface area contributed by atoms with Gasteiger partial charge in [-0.25, -0.2) is 8.42 Å². The Bertz CT molecular complexity index is 712. The van der Waals surface area contributed by atoms with Crippen molar-refractivity contribution in [3.63, 3.8) is 0 Å². The van der Waals surface area contributed by atoms with Gasteiger partial charge in [0.05, 0.1) is 11.4 Å². The first-order valence-electron chi connectivity index (χ1n) is 6.41. The molecule has 0 saturated carbocycles. The maximum atomic E-state index is 12.4. The van der Waals surface area contributed by atoms with Crippen molar-refractivity contribution in [2.75, 3.05) is 11.3 Å². The second-order valence-corrected chi connectivity index (χ2v) is 6.13. The number of anilines is 1. The summed E-state index contributed by atoms with van der Waals surface area (Å²) in [6.45, 7) is 3.80. The van der Waals surface area contributed by atoms with Gasteiger partial charge in [0.25, 0.3) is 10.0 Å². The van der Waals surface area contributed by atoms with E-state index in [2.05, 4.69) is 20.0 Å². The Morgan fingerprint density at radius 1 is 1.38 bits per heavy atom. The number of nitrogens with one attached hydrogen (secondary N) is 1. The van der Waals surface area contributed by atoms with Crippen molar-refractivity contribution in [3.8, 4) is 0 Å². The van der Waals surface area contributed by atoms with E-state index < -0.39 is 10.0 Å². The molecule has 0 aliphatic rings. The first-order valence-corrected chi connectivity index (χ1v) is 7.89. The molecule has 0 aliphatic carbocycles. The number of aliphatic hydroxyl groups excluding tert-OH is 1. The third kappa shape index (κ3) is 3.37. The zero-order valence-electron chi connectivity index (χ0n) is 11.8. The number of sulfonamides is 1. The maximum absolute atomic E-state index is 12.4. The van der Waals surface area contributed by atoms with Gasteiger partial charge in [0, 0.05) is 19.3 Å². The lowest BCUT2D eigenvalue weighted by Crippen LogP contribution is -2.16. The van der Waals surface area contributed by atoms with Crippen LogP contribution in [0.4, 0.5) is 5.82 Å². The number of hydrogen-bond donors (Lipinski definition) is 2. The highest BCUT2D eigenvalue weighted by molar-refractivity contribution is 7.92. The third-order valence-electron chi connectivity index (χ3n) is 2.92. The zero-order valence-corrected chi connectivity index (χ0v) is 12.6. The van der Waals surface area contributed by atoms with Gasteiger partial charge >= 0.3 is 0 Å². The molecule has 2 N–H and O–H groups in total. The first kappa shape index (κ1) is 15.4. The van der Waals surface area contributed by atoms with E-state index >= 15 is 0 Å². The summed E-state index contributed by atoms with van der Waals surface area (Å²) in [6.07, 6.45) is 1.97. The van der Waals surface area contributed by atoms with Gasteiger partial charge in [0.2, 0.25) is 0 Å². The van der Waals surface area contributed by atoms with Crippen LogP contribution in [0, 0.1) is 13.8 Å². The third-order valence-corrected chi connectivity index (χ3v) is 4.53. The molecule has 0 amide bonds. The lowest BCUT2D eigenvalue weighted by Gasteiger charge is -2.07. The van der Waals surface area contributed by atoms with Gasteiger partial charge in [-0.3, -0.25) is 9.40 Å². The van der Waals surface area contributed by atoms with Crippen LogP contribution in [0.3, 0.4) is 0 Å². The van der Waals surface area contributed by atoms with E-state index in [0.717, 1.165) is 0 Å². The Morgan fingerprint density at radius 2 is 2.14 bits per heavy atom. The normalized spacial score (nSPS) is 11.6. The Morgan fingerprint density at radius 3 is 2.76 bits per heavy atom. The first-order chi connectivity index (χ1) is 9.95. The monoisotopic (exact) mass is 311 g/mol.